The molecule has 0 spiro atoms. The molecule has 0 aromatic carbocycles. The lowest BCUT2D eigenvalue weighted by Crippen LogP contribution is -2.53. The van der Waals surface area contributed by atoms with E-state index in [4.69, 9.17) is 4.74 Å². The van der Waals surface area contributed by atoms with E-state index in [1.54, 1.807) is 14.0 Å². The summed E-state index contributed by atoms with van der Waals surface area (Å²) in [6.45, 7) is 1.67. The summed E-state index contributed by atoms with van der Waals surface area (Å²) in [5, 5.41) is 0. The molecule has 1 aliphatic carbocycles. The van der Waals surface area contributed by atoms with E-state index >= 15 is 0 Å². The Bertz CT molecular complexity index is 453. The van der Waals surface area contributed by atoms with Crippen molar-refractivity contribution in [2.24, 2.45) is 10.4 Å². The number of carbonyl (C=O) groups is 2. The van der Waals surface area contributed by atoms with E-state index in [-0.39, 0.29) is 11.9 Å². The SMILES string of the molecule is COC1=NC(=O)C(C)(C2=CCCCC2)C(=O)N1C. The lowest BCUT2D eigenvalue weighted by atomic mass is 9.74. The molecule has 0 fully saturated rings. The summed E-state index contributed by atoms with van der Waals surface area (Å²) in [5.74, 6) is -0.678. The van der Waals surface area contributed by atoms with E-state index in [0.717, 1.165) is 31.3 Å². The average molecular weight is 250 g/mol. The third kappa shape index (κ3) is 1.74. The van der Waals surface area contributed by atoms with Crippen LogP contribution >= 0.6 is 0 Å². The largest absolute Gasteiger partial charge is 0.468 e. The van der Waals surface area contributed by atoms with E-state index in [1.165, 1.54) is 12.0 Å². The zero-order valence-corrected chi connectivity index (χ0v) is 11.0. The second-order valence-corrected chi connectivity index (χ2v) is 4.87. The Balaban J connectivity index is 2.44. The highest BCUT2D eigenvalue weighted by Crippen LogP contribution is 2.38. The van der Waals surface area contributed by atoms with Gasteiger partial charge in [-0.05, 0) is 38.2 Å². The number of rotatable bonds is 1. The van der Waals surface area contributed by atoms with Crippen LogP contribution in [-0.2, 0) is 14.3 Å². The van der Waals surface area contributed by atoms with Crippen molar-refractivity contribution in [3.8, 4) is 0 Å². The highest BCUT2D eigenvalue weighted by molar-refractivity contribution is 6.18. The average Bonchev–Trinajstić information content (AvgIpc) is 2.41. The number of carbonyl (C=O) groups excluding carboxylic acids is 2. The van der Waals surface area contributed by atoms with E-state index in [2.05, 4.69) is 4.99 Å². The number of methoxy groups -OCH3 is 1. The number of aliphatic imine (C=N–C) groups is 1. The van der Waals surface area contributed by atoms with Crippen molar-refractivity contribution in [2.75, 3.05) is 14.2 Å². The number of nitrogens with zero attached hydrogens (tertiary/aromatic N) is 2. The Morgan fingerprint density at radius 3 is 2.67 bits per heavy atom. The molecule has 0 aromatic rings. The number of amides is 2. The van der Waals surface area contributed by atoms with E-state index in [9.17, 15) is 9.59 Å². The number of amidine groups is 1. The van der Waals surface area contributed by atoms with Gasteiger partial charge in [-0.15, -0.1) is 0 Å². The van der Waals surface area contributed by atoms with Crippen LogP contribution in [0.3, 0.4) is 0 Å². The van der Waals surface area contributed by atoms with Crippen LogP contribution in [-0.4, -0.2) is 36.9 Å². The predicted molar refractivity (Wildman–Crippen MR) is 66.9 cm³/mol. The van der Waals surface area contributed by atoms with Crippen LogP contribution in [0.2, 0.25) is 0 Å². The molecule has 1 aliphatic heterocycles. The van der Waals surface area contributed by atoms with Crippen molar-refractivity contribution >= 4 is 17.8 Å². The fraction of sp³-hybridized carbons (Fsp3) is 0.615. The molecule has 0 bridgehead atoms. The minimum atomic E-state index is -1.14. The Labute approximate surface area is 107 Å². The quantitative estimate of drug-likeness (QED) is 0.523. The minimum Gasteiger partial charge on any atom is -0.468 e. The maximum Gasteiger partial charge on any atom is 0.301 e. The minimum absolute atomic E-state index is 0.0684. The molecule has 0 saturated heterocycles. The molecular weight excluding hydrogens is 232 g/mol. The van der Waals surface area contributed by atoms with Crippen LogP contribution in [0, 0.1) is 5.41 Å². The molecule has 0 radical (unpaired) electrons. The number of ether oxygens (including phenoxy) is 1. The third-order valence-corrected chi connectivity index (χ3v) is 3.76. The van der Waals surface area contributed by atoms with Gasteiger partial charge in [-0.1, -0.05) is 6.08 Å². The second-order valence-electron chi connectivity index (χ2n) is 4.87. The molecule has 2 aliphatic rings. The van der Waals surface area contributed by atoms with Crippen LogP contribution in [0.15, 0.2) is 16.6 Å². The Morgan fingerprint density at radius 1 is 1.39 bits per heavy atom. The molecule has 1 heterocycles. The number of hydrogen-bond donors (Lipinski definition) is 0. The molecule has 98 valence electrons. The van der Waals surface area contributed by atoms with Crippen molar-refractivity contribution in [1.82, 2.24) is 4.90 Å². The zero-order valence-electron chi connectivity index (χ0n) is 11.0. The molecule has 0 N–H and O–H groups in total. The van der Waals surface area contributed by atoms with Gasteiger partial charge in [-0.2, -0.15) is 4.99 Å². The monoisotopic (exact) mass is 250 g/mol. The number of allylic oxidation sites excluding steroid dienone is 1. The normalized spacial score (nSPS) is 28.9. The molecule has 1 atom stereocenters. The maximum absolute atomic E-state index is 12.4. The summed E-state index contributed by atoms with van der Waals surface area (Å²) in [6.07, 6.45) is 5.87. The predicted octanol–water partition coefficient (Wildman–Crippen LogP) is 1.49. The maximum atomic E-state index is 12.4. The second kappa shape index (κ2) is 4.55. The van der Waals surface area contributed by atoms with Gasteiger partial charge in [-0.25, -0.2) is 0 Å². The lowest BCUT2D eigenvalue weighted by Gasteiger charge is -2.36. The Hall–Kier alpha value is -1.65. The van der Waals surface area contributed by atoms with Crippen molar-refractivity contribution in [2.45, 2.75) is 32.6 Å². The molecule has 5 nitrogen and oxygen atoms in total. The van der Waals surface area contributed by atoms with Gasteiger partial charge in [0.25, 0.3) is 5.91 Å². The smallest absolute Gasteiger partial charge is 0.301 e. The number of hydrogen-bond acceptors (Lipinski definition) is 3. The van der Waals surface area contributed by atoms with Crippen molar-refractivity contribution in [3.63, 3.8) is 0 Å². The standard InChI is InChI=1S/C13H18N2O3/c1-13(9-7-5-4-6-8-9)10(16)14-12(18-3)15(2)11(13)17/h7H,4-6,8H2,1-3H3. The van der Waals surface area contributed by atoms with E-state index < -0.39 is 11.3 Å². The van der Waals surface area contributed by atoms with E-state index in [0.29, 0.717) is 0 Å². The first-order valence-corrected chi connectivity index (χ1v) is 6.16. The van der Waals surface area contributed by atoms with Gasteiger partial charge in [0.2, 0.25) is 5.91 Å². The molecular formula is C13H18N2O3. The van der Waals surface area contributed by atoms with Gasteiger partial charge in [-0.3, -0.25) is 14.5 Å². The summed E-state index contributed by atoms with van der Waals surface area (Å²) in [7, 11) is 2.98. The van der Waals surface area contributed by atoms with Crippen LogP contribution in [0.25, 0.3) is 0 Å². The third-order valence-electron chi connectivity index (χ3n) is 3.76. The molecule has 1 unspecified atom stereocenters. The van der Waals surface area contributed by atoms with Gasteiger partial charge in [0.15, 0.2) is 0 Å². The molecule has 0 aromatic heterocycles. The topological polar surface area (TPSA) is 59.0 Å². The Morgan fingerprint density at radius 2 is 2.11 bits per heavy atom. The molecule has 18 heavy (non-hydrogen) atoms. The van der Waals surface area contributed by atoms with Gasteiger partial charge in [0.05, 0.1) is 7.11 Å². The summed E-state index contributed by atoms with van der Waals surface area (Å²) < 4.78 is 4.94. The van der Waals surface area contributed by atoms with Crippen molar-refractivity contribution in [3.05, 3.63) is 11.6 Å². The highest BCUT2D eigenvalue weighted by Gasteiger charge is 2.50. The summed E-state index contributed by atoms with van der Waals surface area (Å²) in [5.41, 5.74) is -0.244. The first-order valence-electron chi connectivity index (χ1n) is 6.16. The molecule has 2 amide bonds. The summed E-state index contributed by atoms with van der Waals surface area (Å²) in [4.78, 5) is 29.8. The van der Waals surface area contributed by atoms with Crippen molar-refractivity contribution < 1.29 is 14.3 Å². The van der Waals surface area contributed by atoms with Crippen LogP contribution in [0.1, 0.15) is 32.6 Å². The van der Waals surface area contributed by atoms with Crippen LogP contribution in [0.4, 0.5) is 0 Å². The fourth-order valence-corrected chi connectivity index (χ4v) is 2.54. The van der Waals surface area contributed by atoms with Gasteiger partial charge >= 0.3 is 6.02 Å². The van der Waals surface area contributed by atoms with Gasteiger partial charge in [0, 0.05) is 7.05 Å². The first-order chi connectivity index (χ1) is 8.51. The lowest BCUT2D eigenvalue weighted by molar-refractivity contribution is -0.144. The van der Waals surface area contributed by atoms with E-state index in [1.807, 2.05) is 6.08 Å². The Kier molecular flexibility index (Phi) is 3.24. The van der Waals surface area contributed by atoms with Crippen LogP contribution in [0.5, 0.6) is 0 Å². The van der Waals surface area contributed by atoms with Gasteiger partial charge in [0.1, 0.15) is 5.41 Å². The van der Waals surface area contributed by atoms with Gasteiger partial charge < -0.3 is 4.74 Å². The first kappa shape index (κ1) is 12.8. The highest BCUT2D eigenvalue weighted by atomic mass is 16.5. The van der Waals surface area contributed by atoms with Crippen molar-refractivity contribution in [1.29, 1.82) is 0 Å². The van der Waals surface area contributed by atoms with Crippen LogP contribution < -0.4 is 0 Å². The summed E-state index contributed by atoms with van der Waals surface area (Å²) in [6, 6.07) is 0.0684. The molecule has 2 rings (SSSR count). The summed E-state index contributed by atoms with van der Waals surface area (Å²) >= 11 is 0. The zero-order chi connectivity index (χ0) is 13.3. The molecule has 5 heteroatoms. The fourth-order valence-electron chi connectivity index (χ4n) is 2.54. The molecule has 0 saturated carbocycles.